The fourth-order valence-electron chi connectivity index (χ4n) is 2.84. The van der Waals surface area contributed by atoms with Crippen molar-refractivity contribution in [1.82, 2.24) is 4.72 Å². The Bertz CT molecular complexity index is 663. The molecule has 0 aromatic carbocycles. The Morgan fingerprint density at radius 3 is 2.30 bits per heavy atom. The Morgan fingerprint density at radius 1 is 1.22 bits per heavy atom. The second-order valence-electron chi connectivity index (χ2n) is 5.64. The number of aryl methyl sites for hydroxylation is 2. The number of esters is 1. The number of carbonyl (C=O) groups excluding carboxylic acids is 1. The molecular weight excluding hydrogens is 344 g/mol. The molecule has 7 nitrogen and oxygen atoms in total. The summed E-state index contributed by atoms with van der Waals surface area (Å²) in [6.45, 7) is 3.06. The van der Waals surface area contributed by atoms with Gasteiger partial charge in [-0.15, -0.1) is 12.4 Å². The third-order valence-corrected chi connectivity index (χ3v) is 5.63. The molecule has 1 fully saturated rings. The van der Waals surface area contributed by atoms with Gasteiger partial charge in [0.05, 0.1) is 7.11 Å². The van der Waals surface area contributed by atoms with E-state index in [0.717, 1.165) is 12.8 Å². The van der Waals surface area contributed by atoms with Gasteiger partial charge in [-0.25, -0.2) is 17.9 Å². The maximum absolute atomic E-state index is 12.6. The van der Waals surface area contributed by atoms with Crippen LogP contribution in [0.2, 0.25) is 0 Å². The second kappa shape index (κ2) is 7.65. The zero-order chi connectivity index (χ0) is 16.5. The molecule has 3 N–H and O–H groups in total. The van der Waals surface area contributed by atoms with Crippen LogP contribution in [-0.4, -0.2) is 33.6 Å². The highest BCUT2D eigenvalue weighted by atomic mass is 35.5. The molecule has 0 unspecified atom stereocenters. The molecule has 0 saturated heterocycles. The highest BCUT2D eigenvalue weighted by Gasteiger charge is 2.33. The molecule has 23 heavy (non-hydrogen) atoms. The molecule has 0 aliphatic heterocycles. The molecule has 1 aliphatic rings. The minimum absolute atomic E-state index is 0. The number of halogens is 1. The number of hydrogen-bond donors (Lipinski definition) is 2. The lowest BCUT2D eigenvalue weighted by Crippen LogP contribution is -2.40. The molecule has 1 aromatic rings. The molecular formula is C14H23ClN2O5S. The molecule has 0 bridgehead atoms. The van der Waals surface area contributed by atoms with Crippen LogP contribution >= 0.6 is 12.4 Å². The van der Waals surface area contributed by atoms with Crippen molar-refractivity contribution in [3.63, 3.8) is 0 Å². The molecule has 1 heterocycles. The molecule has 1 aromatic heterocycles. The zero-order valence-electron chi connectivity index (χ0n) is 13.4. The summed E-state index contributed by atoms with van der Waals surface area (Å²) in [5.74, 6) is -0.311. The van der Waals surface area contributed by atoms with Crippen molar-refractivity contribution < 1.29 is 22.4 Å². The maximum atomic E-state index is 12.6. The second-order valence-corrected chi connectivity index (χ2v) is 7.29. The van der Waals surface area contributed by atoms with Crippen LogP contribution in [0.1, 0.15) is 47.6 Å². The molecule has 132 valence electrons. The molecule has 9 heteroatoms. The molecule has 2 rings (SSSR count). The first-order valence-corrected chi connectivity index (χ1v) is 8.70. The van der Waals surface area contributed by atoms with Gasteiger partial charge in [-0.3, -0.25) is 0 Å². The monoisotopic (exact) mass is 366 g/mol. The standard InChI is InChI=1S/C14H22N2O5S.ClH/c1-8-12(14(17)20-3)13(9(2)21-8)22(18,19)16-11-6-4-10(15)5-7-11;/h10-11,16H,4-7,15H2,1-3H3;1H. The summed E-state index contributed by atoms with van der Waals surface area (Å²) in [4.78, 5) is 11.7. The zero-order valence-corrected chi connectivity index (χ0v) is 15.1. The number of sulfonamides is 1. The van der Waals surface area contributed by atoms with E-state index in [-0.39, 0.29) is 46.5 Å². The van der Waals surface area contributed by atoms with Crippen LogP contribution in [0, 0.1) is 13.8 Å². The molecule has 0 amide bonds. The van der Waals surface area contributed by atoms with Crippen LogP contribution in [0.25, 0.3) is 0 Å². The van der Waals surface area contributed by atoms with Gasteiger partial charge in [0.2, 0.25) is 10.0 Å². The summed E-state index contributed by atoms with van der Waals surface area (Å²) < 4.78 is 37.9. The highest BCUT2D eigenvalue weighted by molar-refractivity contribution is 7.89. The summed E-state index contributed by atoms with van der Waals surface area (Å²) in [5, 5.41) is 0. The third-order valence-electron chi connectivity index (χ3n) is 3.96. The summed E-state index contributed by atoms with van der Waals surface area (Å²) >= 11 is 0. The molecule has 1 saturated carbocycles. The minimum Gasteiger partial charge on any atom is -0.465 e. The van der Waals surface area contributed by atoms with E-state index in [9.17, 15) is 13.2 Å². The van der Waals surface area contributed by atoms with Gasteiger partial charge in [0.25, 0.3) is 0 Å². The fraction of sp³-hybridized carbons (Fsp3) is 0.643. The van der Waals surface area contributed by atoms with Crippen molar-refractivity contribution >= 4 is 28.4 Å². The fourth-order valence-corrected chi connectivity index (χ4v) is 4.55. The van der Waals surface area contributed by atoms with E-state index < -0.39 is 16.0 Å². The van der Waals surface area contributed by atoms with Crippen molar-refractivity contribution in [3.8, 4) is 0 Å². The van der Waals surface area contributed by atoms with E-state index in [1.165, 1.54) is 21.0 Å². The number of carbonyl (C=O) groups is 1. The molecule has 0 spiro atoms. The smallest absolute Gasteiger partial charge is 0.342 e. The number of nitrogens with one attached hydrogen (secondary N) is 1. The van der Waals surface area contributed by atoms with Gasteiger partial charge in [-0.2, -0.15) is 0 Å². The SMILES string of the molecule is COC(=O)c1c(C)oc(C)c1S(=O)(=O)NC1CCC(N)CC1.Cl. The van der Waals surface area contributed by atoms with E-state index >= 15 is 0 Å². The number of hydrogen-bond acceptors (Lipinski definition) is 6. The van der Waals surface area contributed by atoms with E-state index in [1.54, 1.807) is 0 Å². The van der Waals surface area contributed by atoms with Crippen LogP contribution < -0.4 is 10.5 Å². The van der Waals surface area contributed by atoms with E-state index in [4.69, 9.17) is 10.2 Å². The van der Waals surface area contributed by atoms with Crippen LogP contribution in [-0.2, 0) is 14.8 Å². The van der Waals surface area contributed by atoms with Gasteiger partial charge >= 0.3 is 5.97 Å². The Hall–Kier alpha value is -1.09. The van der Waals surface area contributed by atoms with Crippen molar-refractivity contribution in [3.05, 3.63) is 17.1 Å². The lowest BCUT2D eigenvalue weighted by atomic mass is 9.93. The van der Waals surface area contributed by atoms with Gasteiger partial charge < -0.3 is 14.9 Å². The van der Waals surface area contributed by atoms with Gasteiger partial charge in [-0.1, -0.05) is 0 Å². The van der Waals surface area contributed by atoms with Crippen LogP contribution in [0.3, 0.4) is 0 Å². The largest absolute Gasteiger partial charge is 0.465 e. The van der Waals surface area contributed by atoms with Gasteiger partial charge in [-0.05, 0) is 39.5 Å². The summed E-state index contributed by atoms with van der Waals surface area (Å²) in [7, 11) is -2.65. The van der Waals surface area contributed by atoms with E-state index in [2.05, 4.69) is 9.46 Å². The topological polar surface area (TPSA) is 112 Å². The van der Waals surface area contributed by atoms with Crippen molar-refractivity contribution in [2.75, 3.05) is 7.11 Å². The van der Waals surface area contributed by atoms with E-state index in [0.29, 0.717) is 12.8 Å². The summed E-state index contributed by atoms with van der Waals surface area (Å²) in [6.07, 6.45) is 2.93. The van der Waals surface area contributed by atoms with Gasteiger partial charge in [0, 0.05) is 12.1 Å². The average molecular weight is 367 g/mol. The minimum atomic E-state index is -3.86. The lowest BCUT2D eigenvalue weighted by molar-refractivity contribution is 0.0595. The van der Waals surface area contributed by atoms with Crippen molar-refractivity contribution in [2.45, 2.75) is 56.5 Å². The first kappa shape index (κ1) is 20.0. The summed E-state index contributed by atoms with van der Waals surface area (Å²) in [6, 6.07) is -0.0470. The normalized spacial score (nSPS) is 21.6. The quantitative estimate of drug-likeness (QED) is 0.783. The molecule has 1 aliphatic carbocycles. The van der Waals surface area contributed by atoms with Crippen molar-refractivity contribution in [2.24, 2.45) is 5.73 Å². The summed E-state index contributed by atoms with van der Waals surface area (Å²) in [5.41, 5.74) is 5.79. The maximum Gasteiger partial charge on any atom is 0.342 e. The molecule has 0 radical (unpaired) electrons. The lowest BCUT2D eigenvalue weighted by Gasteiger charge is -2.26. The number of furan rings is 1. The van der Waals surface area contributed by atoms with Gasteiger partial charge in [0.15, 0.2) is 0 Å². The average Bonchev–Trinajstić information content (AvgIpc) is 2.75. The molecule has 0 atom stereocenters. The third kappa shape index (κ3) is 4.26. The number of methoxy groups -OCH3 is 1. The number of rotatable bonds is 4. The van der Waals surface area contributed by atoms with Crippen LogP contribution in [0.5, 0.6) is 0 Å². The first-order chi connectivity index (χ1) is 10.3. The van der Waals surface area contributed by atoms with Crippen molar-refractivity contribution in [1.29, 1.82) is 0 Å². The Balaban J connectivity index is 0.00000264. The predicted octanol–water partition coefficient (Wildman–Crippen LogP) is 1.65. The van der Waals surface area contributed by atoms with Crippen LogP contribution in [0.4, 0.5) is 0 Å². The first-order valence-electron chi connectivity index (χ1n) is 7.22. The van der Waals surface area contributed by atoms with Gasteiger partial charge in [0.1, 0.15) is 22.0 Å². The predicted molar refractivity (Wildman–Crippen MR) is 87.3 cm³/mol. The van der Waals surface area contributed by atoms with E-state index in [1.807, 2.05) is 0 Å². The Kier molecular flexibility index (Phi) is 6.64. The Labute approximate surface area is 142 Å². The van der Waals surface area contributed by atoms with Crippen LogP contribution in [0.15, 0.2) is 9.31 Å². The Morgan fingerprint density at radius 2 is 1.78 bits per heavy atom. The highest BCUT2D eigenvalue weighted by Crippen LogP contribution is 2.28. The number of nitrogens with two attached hydrogens (primary N) is 1. The number of ether oxygens (including phenoxy) is 1.